The Bertz CT molecular complexity index is 487. The van der Waals surface area contributed by atoms with Crippen molar-refractivity contribution in [1.82, 2.24) is 4.31 Å². The number of hydrogen-bond donors (Lipinski definition) is 0. The second kappa shape index (κ2) is 4.74. The Morgan fingerprint density at radius 3 is 2.41 bits per heavy atom. The molecule has 1 aliphatic heterocycles. The zero-order chi connectivity index (χ0) is 12.5. The third-order valence-electron chi connectivity index (χ3n) is 3.08. The minimum absolute atomic E-state index is 0.165. The number of benzene rings is 1. The maximum absolute atomic E-state index is 13.7. The molecule has 5 heteroatoms. The first kappa shape index (κ1) is 12.5. The highest BCUT2D eigenvalue weighted by Gasteiger charge is 2.29. The Hall–Kier alpha value is -0.940. The van der Waals surface area contributed by atoms with Crippen LogP contribution in [-0.2, 0) is 10.0 Å². The summed E-state index contributed by atoms with van der Waals surface area (Å²) in [5.74, 6) is -0.657. The van der Waals surface area contributed by atoms with Crippen molar-refractivity contribution in [3.63, 3.8) is 0 Å². The molecule has 1 saturated heterocycles. The standard InChI is InChI=1S/C12H16FNO2S/c1-10-6-5-7-11(13)12(10)17(15,16)14-8-3-2-4-9-14/h5-7H,2-4,8-9H2,1H3. The van der Waals surface area contributed by atoms with Crippen molar-refractivity contribution in [2.24, 2.45) is 0 Å². The van der Waals surface area contributed by atoms with Crippen LogP contribution in [0.4, 0.5) is 4.39 Å². The Labute approximate surface area is 101 Å². The highest BCUT2D eigenvalue weighted by Crippen LogP contribution is 2.25. The number of aryl methyl sites for hydroxylation is 1. The summed E-state index contributed by atoms with van der Waals surface area (Å²) >= 11 is 0. The van der Waals surface area contributed by atoms with Gasteiger partial charge in [0.15, 0.2) is 0 Å². The molecule has 1 aliphatic rings. The quantitative estimate of drug-likeness (QED) is 0.815. The molecule has 1 aromatic rings. The summed E-state index contributed by atoms with van der Waals surface area (Å²) in [6.45, 7) is 2.62. The molecule has 0 atom stereocenters. The van der Waals surface area contributed by atoms with Crippen LogP contribution in [0.5, 0.6) is 0 Å². The molecule has 1 aromatic carbocycles. The van der Waals surface area contributed by atoms with E-state index in [0.29, 0.717) is 18.7 Å². The van der Waals surface area contributed by atoms with Crippen molar-refractivity contribution >= 4 is 10.0 Å². The van der Waals surface area contributed by atoms with Crippen molar-refractivity contribution in [2.75, 3.05) is 13.1 Å². The highest BCUT2D eigenvalue weighted by molar-refractivity contribution is 7.89. The van der Waals surface area contributed by atoms with Gasteiger partial charge in [-0.3, -0.25) is 0 Å². The Kier molecular flexibility index (Phi) is 3.49. The number of sulfonamides is 1. The van der Waals surface area contributed by atoms with Gasteiger partial charge in [0.05, 0.1) is 0 Å². The Morgan fingerprint density at radius 1 is 1.18 bits per heavy atom. The molecule has 2 rings (SSSR count). The molecule has 17 heavy (non-hydrogen) atoms. The van der Waals surface area contributed by atoms with Crippen LogP contribution < -0.4 is 0 Å². The molecular weight excluding hydrogens is 241 g/mol. The lowest BCUT2D eigenvalue weighted by atomic mass is 10.2. The molecule has 0 bridgehead atoms. The van der Waals surface area contributed by atoms with E-state index in [2.05, 4.69) is 0 Å². The third-order valence-corrected chi connectivity index (χ3v) is 5.15. The van der Waals surface area contributed by atoms with Crippen molar-refractivity contribution in [3.05, 3.63) is 29.6 Å². The van der Waals surface area contributed by atoms with Gasteiger partial charge in [-0.1, -0.05) is 18.6 Å². The van der Waals surface area contributed by atoms with Crippen molar-refractivity contribution in [1.29, 1.82) is 0 Å². The van der Waals surface area contributed by atoms with Crippen molar-refractivity contribution in [3.8, 4) is 0 Å². The number of hydrogen-bond acceptors (Lipinski definition) is 2. The molecule has 94 valence electrons. The fourth-order valence-corrected chi connectivity index (χ4v) is 3.96. The number of halogens is 1. The van der Waals surface area contributed by atoms with Gasteiger partial charge in [-0.05, 0) is 31.4 Å². The zero-order valence-corrected chi connectivity index (χ0v) is 10.6. The first-order chi connectivity index (χ1) is 8.03. The predicted octanol–water partition coefficient (Wildman–Crippen LogP) is 2.31. The van der Waals surface area contributed by atoms with Crippen LogP contribution in [0.3, 0.4) is 0 Å². The molecule has 0 aromatic heterocycles. The van der Waals surface area contributed by atoms with E-state index in [0.717, 1.165) is 19.3 Å². The summed E-state index contributed by atoms with van der Waals surface area (Å²) in [5, 5.41) is 0. The number of piperidine rings is 1. The monoisotopic (exact) mass is 257 g/mol. The second-order valence-corrected chi connectivity index (χ2v) is 6.23. The van der Waals surface area contributed by atoms with E-state index < -0.39 is 15.8 Å². The lowest BCUT2D eigenvalue weighted by Crippen LogP contribution is -2.36. The van der Waals surface area contributed by atoms with Gasteiger partial charge in [0, 0.05) is 13.1 Å². The van der Waals surface area contributed by atoms with Gasteiger partial charge in [0.25, 0.3) is 0 Å². The van der Waals surface area contributed by atoms with Gasteiger partial charge in [-0.25, -0.2) is 12.8 Å². The van der Waals surface area contributed by atoms with Crippen LogP contribution >= 0.6 is 0 Å². The summed E-state index contributed by atoms with van der Waals surface area (Å²) in [5.41, 5.74) is 0.468. The Morgan fingerprint density at radius 2 is 1.82 bits per heavy atom. The minimum Gasteiger partial charge on any atom is -0.207 e. The molecule has 0 saturated carbocycles. The van der Waals surface area contributed by atoms with Crippen LogP contribution in [0.25, 0.3) is 0 Å². The third kappa shape index (κ3) is 2.35. The Balaban J connectivity index is 2.44. The zero-order valence-electron chi connectivity index (χ0n) is 9.82. The average Bonchev–Trinajstić information content (AvgIpc) is 2.29. The summed E-state index contributed by atoms with van der Waals surface area (Å²) in [4.78, 5) is -0.165. The highest BCUT2D eigenvalue weighted by atomic mass is 32.2. The summed E-state index contributed by atoms with van der Waals surface area (Å²) < 4.78 is 39.7. The molecule has 0 aliphatic carbocycles. The molecule has 0 unspecified atom stereocenters. The van der Waals surface area contributed by atoms with Crippen LogP contribution in [-0.4, -0.2) is 25.8 Å². The molecular formula is C12H16FNO2S. The largest absolute Gasteiger partial charge is 0.246 e. The number of rotatable bonds is 2. The van der Waals surface area contributed by atoms with Gasteiger partial charge in [0.1, 0.15) is 10.7 Å². The van der Waals surface area contributed by atoms with E-state index in [-0.39, 0.29) is 4.90 Å². The topological polar surface area (TPSA) is 37.4 Å². The van der Waals surface area contributed by atoms with Crippen molar-refractivity contribution < 1.29 is 12.8 Å². The van der Waals surface area contributed by atoms with Crippen molar-refractivity contribution in [2.45, 2.75) is 31.1 Å². The van der Waals surface area contributed by atoms with Crippen LogP contribution in [0, 0.1) is 12.7 Å². The number of nitrogens with zero attached hydrogens (tertiary/aromatic N) is 1. The SMILES string of the molecule is Cc1cccc(F)c1S(=O)(=O)N1CCCCC1. The van der Waals surface area contributed by atoms with E-state index in [9.17, 15) is 12.8 Å². The predicted molar refractivity (Wildman–Crippen MR) is 63.7 cm³/mol. The van der Waals surface area contributed by atoms with Gasteiger partial charge >= 0.3 is 0 Å². The van der Waals surface area contributed by atoms with Gasteiger partial charge in [-0.2, -0.15) is 4.31 Å². The summed E-state index contributed by atoms with van der Waals surface area (Å²) in [6, 6.07) is 4.35. The van der Waals surface area contributed by atoms with Gasteiger partial charge in [0.2, 0.25) is 10.0 Å². The maximum atomic E-state index is 13.7. The molecule has 0 radical (unpaired) electrons. The van der Waals surface area contributed by atoms with Gasteiger partial charge < -0.3 is 0 Å². The average molecular weight is 257 g/mol. The molecule has 0 spiro atoms. The molecule has 1 fully saturated rings. The van der Waals surface area contributed by atoms with E-state index in [1.165, 1.54) is 16.4 Å². The first-order valence-corrected chi connectivity index (χ1v) is 7.23. The fraction of sp³-hybridized carbons (Fsp3) is 0.500. The van der Waals surface area contributed by atoms with E-state index in [1.807, 2.05) is 0 Å². The summed E-state index contributed by atoms with van der Waals surface area (Å²) in [6.07, 6.45) is 2.75. The van der Waals surface area contributed by atoms with E-state index in [4.69, 9.17) is 0 Å². The normalized spacial score (nSPS) is 18.2. The molecule has 1 heterocycles. The minimum atomic E-state index is -3.67. The van der Waals surface area contributed by atoms with Crippen LogP contribution in [0.15, 0.2) is 23.1 Å². The molecule has 3 nitrogen and oxygen atoms in total. The smallest absolute Gasteiger partial charge is 0.207 e. The van der Waals surface area contributed by atoms with E-state index >= 15 is 0 Å². The maximum Gasteiger partial charge on any atom is 0.246 e. The lowest BCUT2D eigenvalue weighted by molar-refractivity contribution is 0.345. The second-order valence-electron chi connectivity index (χ2n) is 4.35. The van der Waals surface area contributed by atoms with Crippen LogP contribution in [0.1, 0.15) is 24.8 Å². The summed E-state index contributed by atoms with van der Waals surface area (Å²) in [7, 11) is -3.67. The first-order valence-electron chi connectivity index (χ1n) is 5.79. The van der Waals surface area contributed by atoms with E-state index in [1.54, 1.807) is 13.0 Å². The molecule has 0 amide bonds. The molecule has 0 N–H and O–H groups in total. The lowest BCUT2D eigenvalue weighted by Gasteiger charge is -2.26. The van der Waals surface area contributed by atoms with Gasteiger partial charge in [-0.15, -0.1) is 0 Å². The van der Waals surface area contributed by atoms with Crippen LogP contribution in [0.2, 0.25) is 0 Å². The fourth-order valence-electron chi connectivity index (χ4n) is 2.18.